The number of methoxy groups -OCH3 is 1. The Kier molecular flexibility index (Phi) is 5.43. The van der Waals surface area contributed by atoms with Crippen molar-refractivity contribution in [3.8, 4) is 17.2 Å². The molecule has 1 amide bonds. The highest BCUT2D eigenvalue weighted by molar-refractivity contribution is 5.77. The molecule has 1 unspecified atom stereocenters. The fourth-order valence-corrected chi connectivity index (χ4v) is 5.02. The monoisotopic (exact) mass is 432 g/mol. The summed E-state index contributed by atoms with van der Waals surface area (Å²) in [4.78, 5) is 17.0. The van der Waals surface area contributed by atoms with Gasteiger partial charge in [-0.1, -0.05) is 30.3 Å². The van der Waals surface area contributed by atoms with E-state index in [1.54, 1.807) is 7.11 Å². The van der Waals surface area contributed by atoms with E-state index in [2.05, 4.69) is 22.1 Å². The minimum Gasteiger partial charge on any atom is -0.497 e. The third-order valence-corrected chi connectivity index (χ3v) is 6.66. The second-order valence-electron chi connectivity index (χ2n) is 9.05. The van der Waals surface area contributed by atoms with Crippen LogP contribution in [0.4, 0.5) is 0 Å². The van der Waals surface area contributed by atoms with Gasteiger partial charge in [0.2, 0.25) is 17.7 Å². The van der Waals surface area contributed by atoms with Gasteiger partial charge in [-0.25, -0.2) is 0 Å². The van der Waals surface area contributed by atoms with Crippen molar-refractivity contribution in [1.29, 1.82) is 0 Å². The largest absolute Gasteiger partial charge is 0.497 e. The summed E-state index contributed by atoms with van der Waals surface area (Å²) in [5, 5.41) is 8.58. The van der Waals surface area contributed by atoms with Crippen molar-refractivity contribution in [2.75, 3.05) is 33.8 Å². The average Bonchev–Trinajstić information content (AvgIpc) is 3.42. The number of carbonyl (C=O) groups is 1. The summed E-state index contributed by atoms with van der Waals surface area (Å²) >= 11 is 0. The van der Waals surface area contributed by atoms with Crippen molar-refractivity contribution >= 4 is 5.91 Å². The van der Waals surface area contributed by atoms with Crippen LogP contribution < -0.4 is 4.74 Å². The molecule has 1 aromatic heterocycles. The number of likely N-dealkylation sites (tertiary alicyclic amines) is 2. The van der Waals surface area contributed by atoms with Crippen LogP contribution in [0, 0.1) is 5.41 Å². The number of benzene rings is 2. The fraction of sp³-hybridized carbons (Fsp3) is 0.400. The SMILES string of the molecule is COc1cccc(CCC(=O)N2CC3(CC(c4nnc(-c5ccccc5)o4)N(C)C3)C2)c1. The predicted molar refractivity (Wildman–Crippen MR) is 120 cm³/mol. The summed E-state index contributed by atoms with van der Waals surface area (Å²) in [6, 6.07) is 17.8. The van der Waals surface area contributed by atoms with Crippen LogP contribution in [0.3, 0.4) is 0 Å². The number of nitrogens with zero attached hydrogens (tertiary/aromatic N) is 4. The van der Waals surface area contributed by atoms with E-state index in [4.69, 9.17) is 9.15 Å². The number of rotatable bonds is 6. The van der Waals surface area contributed by atoms with Gasteiger partial charge in [-0.15, -0.1) is 10.2 Å². The van der Waals surface area contributed by atoms with Gasteiger partial charge in [0.05, 0.1) is 13.2 Å². The van der Waals surface area contributed by atoms with Gasteiger partial charge in [0.15, 0.2) is 0 Å². The van der Waals surface area contributed by atoms with Crippen molar-refractivity contribution in [3.05, 3.63) is 66.1 Å². The normalized spacial score (nSPS) is 19.8. The van der Waals surface area contributed by atoms with Crippen molar-refractivity contribution < 1.29 is 13.9 Å². The van der Waals surface area contributed by atoms with Gasteiger partial charge in [0.25, 0.3) is 0 Å². The Morgan fingerprint density at radius 1 is 1.12 bits per heavy atom. The van der Waals surface area contributed by atoms with Gasteiger partial charge >= 0.3 is 0 Å². The van der Waals surface area contributed by atoms with E-state index in [0.717, 1.165) is 49.4 Å². The first-order chi connectivity index (χ1) is 15.5. The first kappa shape index (κ1) is 20.7. The standard InChI is InChI=1S/C25H28N4O3/c1-28-15-25(14-21(28)24-27-26-23(32-24)19-8-4-3-5-9-19)16-29(17-25)22(30)12-11-18-7-6-10-20(13-18)31-2/h3-10,13,21H,11-12,14-17H2,1-2H3. The Hall–Kier alpha value is -3.19. The quantitative estimate of drug-likeness (QED) is 0.593. The minimum atomic E-state index is 0.0917. The summed E-state index contributed by atoms with van der Waals surface area (Å²) in [5.41, 5.74) is 2.17. The Labute approximate surface area is 188 Å². The molecular weight excluding hydrogens is 404 g/mol. The lowest BCUT2D eigenvalue weighted by Crippen LogP contribution is -2.59. The van der Waals surface area contributed by atoms with Crippen molar-refractivity contribution in [1.82, 2.24) is 20.0 Å². The van der Waals surface area contributed by atoms with Crippen molar-refractivity contribution in [2.24, 2.45) is 5.41 Å². The second-order valence-corrected chi connectivity index (χ2v) is 9.05. The van der Waals surface area contributed by atoms with E-state index in [1.165, 1.54) is 0 Å². The topological polar surface area (TPSA) is 71.7 Å². The summed E-state index contributed by atoms with van der Waals surface area (Å²) in [5.74, 6) is 2.26. The van der Waals surface area contributed by atoms with Gasteiger partial charge in [-0.3, -0.25) is 9.69 Å². The highest BCUT2D eigenvalue weighted by Crippen LogP contribution is 2.47. The number of hydrogen-bond donors (Lipinski definition) is 0. The number of hydrogen-bond acceptors (Lipinski definition) is 6. The molecule has 5 rings (SSSR count). The molecule has 3 heterocycles. The first-order valence-electron chi connectivity index (χ1n) is 11.0. The molecule has 2 aliphatic rings. The van der Waals surface area contributed by atoms with Gasteiger partial charge in [0.1, 0.15) is 5.75 Å². The van der Waals surface area contributed by atoms with Crippen LogP contribution in [0.1, 0.15) is 30.3 Å². The number of amides is 1. The molecule has 0 saturated carbocycles. The molecule has 7 nitrogen and oxygen atoms in total. The molecule has 0 aliphatic carbocycles. The van der Waals surface area contributed by atoms with Crippen LogP contribution in [0.2, 0.25) is 0 Å². The lowest BCUT2D eigenvalue weighted by atomic mass is 9.77. The Bertz CT molecular complexity index is 1090. The lowest BCUT2D eigenvalue weighted by molar-refractivity contribution is -0.142. The Morgan fingerprint density at radius 3 is 2.72 bits per heavy atom. The molecule has 2 aliphatic heterocycles. The van der Waals surface area contributed by atoms with Crippen molar-refractivity contribution in [2.45, 2.75) is 25.3 Å². The number of carbonyl (C=O) groups excluding carboxylic acids is 1. The smallest absolute Gasteiger partial charge is 0.247 e. The van der Waals surface area contributed by atoms with E-state index < -0.39 is 0 Å². The van der Waals surface area contributed by atoms with E-state index in [1.807, 2.05) is 59.5 Å². The van der Waals surface area contributed by atoms with E-state index >= 15 is 0 Å². The third kappa shape index (κ3) is 4.00. The molecule has 2 saturated heterocycles. The average molecular weight is 433 g/mol. The molecule has 1 spiro atoms. The molecule has 2 aromatic carbocycles. The highest BCUT2D eigenvalue weighted by atomic mass is 16.5. The predicted octanol–water partition coefficient (Wildman–Crippen LogP) is 3.58. The van der Waals surface area contributed by atoms with Gasteiger partial charge in [-0.2, -0.15) is 0 Å². The minimum absolute atomic E-state index is 0.0917. The molecule has 0 radical (unpaired) electrons. The summed E-state index contributed by atoms with van der Waals surface area (Å²) in [6.45, 7) is 2.52. The molecule has 7 heteroatoms. The zero-order chi connectivity index (χ0) is 22.1. The molecule has 32 heavy (non-hydrogen) atoms. The van der Waals surface area contributed by atoms with Crippen LogP contribution in [-0.4, -0.2) is 59.7 Å². The van der Waals surface area contributed by atoms with Crippen LogP contribution >= 0.6 is 0 Å². The van der Waals surface area contributed by atoms with E-state index in [-0.39, 0.29) is 17.4 Å². The molecule has 2 fully saturated rings. The lowest BCUT2D eigenvalue weighted by Gasteiger charge is -2.48. The van der Waals surface area contributed by atoms with E-state index in [0.29, 0.717) is 18.2 Å². The molecule has 166 valence electrons. The molecular formula is C25H28N4O3. The number of ether oxygens (including phenoxy) is 1. The van der Waals surface area contributed by atoms with Crippen molar-refractivity contribution in [3.63, 3.8) is 0 Å². The van der Waals surface area contributed by atoms with Crippen LogP contribution in [0.5, 0.6) is 5.75 Å². The maximum atomic E-state index is 12.7. The zero-order valence-corrected chi connectivity index (χ0v) is 18.5. The van der Waals surface area contributed by atoms with Gasteiger partial charge in [0, 0.05) is 37.0 Å². The van der Waals surface area contributed by atoms with Crippen LogP contribution in [0.15, 0.2) is 59.0 Å². The molecule has 0 bridgehead atoms. The fourth-order valence-electron chi connectivity index (χ4n) is 5.02. The second kappa shape index (κ2) is 8.39. The van der Waals surface area contributed by atoms with E-state index in [9.17, 15) is 4.79 Å². The number of aryl methyl sites for hydroxylation is 1. The summed E-state index contributed by atoms with van der Waals surface area (Å²) in [7, 11) is 3.76. The van der Waals surface area contributed by atoms with Gasteiger partial charge < -0.3 is 14.1 Å². The summed E-state index contributed by atoms with van der Waals surface area (Å²) in [6.07, 6.45) is 2.18. The maximum absolute atomic E-state index is 12.7. The Morgan fingerprint density at radius 2 is 1.94 bits per heavy atom. The molecule has 3 aromatic rings. The van der Waals surface area contributed by atoms with Crippen LogP contribution in [-0.2, 0) is 11.2 Å². The Balaban J connectivity index is 1.17. The summed E-state index contributed by atoms with van der Waals surface area (Å²) < 4.78 is 11.3. The molecule has 1 atom stereocenters. The van der Waals surface area contributed by atoms with Gasteiger partial charge in [-0.05, 0) is 49.7 Å². The maximum Gasteiger partial charge on any atom is 0.247 e. The first-order valence-corrected chi connectivity index (χ1v) is 11.0. The highest BCUT2D eigenvalue weighted by Gasteiger charge is 2.53. The van der Waals surface area contributed by atoms with Crippen LogP contribution in [0.25, 0.3) is 11.5 Å². The third-order valence-electron chi connectivity index (χ3n) is 6.66. The number of aromatic nitrogens is 2. The molecule has 0 N–H and O–H groups in total. The zero-order valence-electron chi connectivity index (χ0n) is 18.5.